The van der Waals surface area contributed by atoms with Crippen molar-refractivity contribution >= 4 is 0 Å². The Labute approximate surface area is 211 Å². The van der Waals surface area contributed by atoms with E-state index in [9.17, 15) is 5.11 Å². The molecule has 0 amide bonds. The highest BCUT2D eigenvalue weighted by molar-refractivity contribution is 5.18. The number of hydrogen-bond donors (Lipinski definition) is 1. The molecule has 2 aliphatic carbocycles. The lowest BCUT2D eigenvalue weighted by atomic mass is 9.51. The minimum Gasteiger partial charge on any atom is -0.390 e. The van der Waals surface area contributed by atoms with Gasteiger partial charge in [-0.05, 0) is 115 Å². The molecule has 1 N–H and O–H groups in total. The second kappa shape index (κ2) is 10.5. The highest BCUT2D eigenvalue weighted by Gasteiger charge is 2.59. The Bertz CT molecular complexity index is 695. The SMILES string of the molecule is COC(C)CCC(C)C1(C)C=CC2C3CCC(CCCCC(C)(C)O)C3(C)CCC2(C)C(C)O1. The molecule has 1 aliphatic heterocycles. The van der Waals surface area contributed by atoms with Crippen LogP contribution in [-0.4, -0.2) is 35.6 Å². The monoisotopic (exact) mass is 476 g/mol. The van der Waals surface area contributed by atoms with E-state index in [0.29, 0.717) is 23.4 Å². The zero-order chi connectivity index (χ0) is 25.4. The van der Waals surface area contributed by atoms with Crippen molar-refractivity contribution in [3.05, 3.63) is 12.2 Å². The van der Waals surface area contributed by atoms with Gasteiger partial charge in [0.2, 0.25) is 0 Å². The first-order chi connectivity index (χ1) is 15.7. The molecule has 3 rings (SSSR count). The lowest BCUT2D eigenvalue weighted by Gasteiger charge is -2.55. The summed E-state index contributed by atoms with van der Waals surface area (Å²) >= 11 is 0. The van der Waals surface area contributed by atoms with Crippen LogP contribution < -0.4 is 0 Å². The van der Waals surface area contributed by atoms with E-state index in [1.807, 2.05) is 21.0 Å². The zero-order valence-electron chi connectivity index (χ0n) is 24.0. The predicted octanol–water partition coefficient (Wildman–Crippen LogP) is 7.95. The molecule has 0 aromatic carbocycles. The Hall–Kier alpha value is -0.380. The summed E-state index contributed by atoms with van der Waals surface area (Å²) in [5.41, 5.74) is -0.0722. The molecule has 3 aliphatic rings. The van der Waals surface area contributed by atoms with Gasteiger partial charge in [-0.1, -0.05) is 45.8 Å². The van der Waals surface area contributed by atoms with Crippen LogP contribution >= 0.6 is 0 Å². The lowest BCUT2D eigenvalue weighted by molar-refractivity contribution is -0.153. The van der Waals surface area contributed by atoms with Crippen molar-refractivity contribution in [1.82, 2.24) is 0 Å². The lowest BCUT2D eigenvalue weighted by Crippen LogP contribution is -2.51. The fraction of sp³-hybridized carbons (Fsp3) is 0.935. The Morgan fingerprint density at radius 1 is 1.06 bits per heavy atom. The number of allylic oxidation sites excluding steroid dienone is 1. The molecule has 0 aromatic rings. The number of aliphatic hydroxyl groups is 1. The van der Waals surface area contributed by atoms with E-state index in [1.165, 1.54) is 38.5 Å². The smallest absolute Gasteiger partial charge is 0.0863 e. The Morgan fingerprint density at radius 2 is 1.74 bits per heavy atom. The molecule has 34 heavy (non-hydrogen) atoms. The van der Waals surface area contributed by atoms with E-state index in [0.717, 1.165) is 37.5 Å². The Balaban J connectivity index is 1.73. The van der Waals surface area contributed by atoms with Gasteiger partial charge < -0.3 is 14.6 Å². The van der Waals surface area contributed by atoms with E-state index in [4.69, 9.17) is 9.47 Å². The van der Waals surface area contributed by atoms with Gasteiger partial charge in [0.1, 0.15) is 0 Å². The van der Waals surface area contributed by atoms with Gasteiger partial charge in [0.15, 0.2) is 0 Å². The minimum atomic E-state index is -0.526. The Kier molecular flexibility index (Phi) is 8.74. The highest BCUT2D eigenvalue weighted by atomic mass is 16.5. The molecule has 3 heteroatoms. The minimum absolute atomic E-state index is 0.210. The topological polar surface area (TPSA) is 38.7 Å². The van der Waals surface area contributed by atoms with Crippen molar-refractivity contribution < 1.29 is 14.6 Å². The van der Waals surface area contributed by atoms with Gasteiger partial charge >= 0.3 is 0 Å². The molecule has 9 atom stereocenters. The molecular weight excluding hydrogens is 420 g/mol. The van der Waals surface area contributed by atoms with Gasteiger partial charge in [-0.3, -0.25) is 0 Å². The summed E-state index contributed by atoms with van der Waals surface area (Å²) in [5.74, 6) is 2.66. The van der Waals surface area contributed by atoms with Crippen LogP contribution in [0.5, 0.6) is 0 Å². The maximum atomic E-state index is 10.1. The fourth-order valence-electron chi connectivity index (χ4n) is 7.76. The molecule has 0 radical (unpaired) electrons. The number of methoxy groups -OCH3 is 1. The second-order valence-electron chi connectivity index (χ2n) is 13.8. The van der Waals surface area contributed by atoms with Crippen molar-refractivity contribution in [3.63, 3.8) is 0 Å². The summed E-state index contributed by atoms with van der Waals surface area (Å²) in [6.07, 6.45) is 17.8. The standard InChI is InChI=1S/C31H56O3/c1-22(13-14-23(2)33-9)31(8)19-17-27-26-16-15-25(12-10-11-18-28(4,5)32)30(26,7)21-20-29(27,6)24(3)34-31/h17,19,22-27,32H,10-16,18,20-21H2,1-9H3. The normalized spacial score (nSPS) is 42.1. The second-order valence-corrected chi connectivity index (χ2v) is 13.8. The maximum absolute atomic E-state index is 10.1. The van der Waals surface area contributed by atoms with E-state index < -0.39 is 5.60 Å². The molecule has 1 heterocycles. The number of hydrogen-bond acceptors (Lipinski definition) is 3. The van der Waals surface area contributed by atoms with Gasteiger partial charge in [-0.2, -0.15) is 0 Å². The van der Waals surface area contributed by atoms with E-state index in [-0.39, 0.29) is 17.1 Å². The molecular formula is C31H56O3. The zero-order valence-corrected chi connectivity index (χ0v) is 24.0. The van der Waals surface area contributed by atoms with Crippen LogP contribution in [0.2, 0.25) is 0 Å². The first-order valence-corrected chi connectivity index (χ1v) is 14.4. The summed E-state index contributed by atoms with van der Waals surface area (Å²) in [6.45, 7) is 18.2. The molecule has 198 valence electrons. The molecule has 0 spiro atoms. The summed E-state index contributed by atoms with van der Waals surface area (Å²) < 4.78 is 12.5. The average molecular weight is 477 g/mol. The third-order valence-electron chi connectivity index (χ3n) is 11.0. The van der Waals surface area contributed by atoms with E-state index in [2.05, 4.69) is 53.7 Å². The van der Waals surface area contributed by atoms with Gasteiger partial charge in [0.05, 0.1) is 23.4 Å². The van der Waals surface area contributed by atoms with Crippen molar-refractivity contribution in [1.29, 1.82) is 0 Å². The first-order valence-electron chi connectivity index (χ1n) is 14.4. The average Bonchev–Trinajstić information content (AvgIpc) is 3.04. The molecule has 9 unspecified atom stereocenters. The molecule has 0 aromatic heterocycles. The van der Waals surface area contributed by atoms with Crippen LogP contribution in [0, 0.1) is 34.5 Å². The van der Waals surface area contributed by atoms with Crippen LogP contribution in [0.3, 0.4) is 0 Å². The van der Waals surface area contributed by atoms with Crippen LogP contribution in [0.25, 0.3) is 0 Å². The van der Waals surface area contributed by atoms with Gasteiger partial charge in [0, 0.05) is 12.5 Å². The third kappa shape index (κ3) is 5.78. The van der Waals surface area contributed by atoms with Crippen LogP contribution in [0.1, 0.15) is 120 Å². The summed E-state index contributed by atoms with van der Waals surface area (Å²) in [6, 6.07) is 0. The molecule has 2 fully saturated rings. The summed E-state index contributed by atoms with van der Waals surface area (Å²) in [5, 5.41) is 10.1. The van der Waals surface area contributed by atoms with Crippen LogP contribution in [0.4, 0.5) is 0 Å². The number of rotatable bonds is 10. The molecule has 2 saturated carbocycles. The number of ether oxygens (including phenoxy) is 2. The van der Waals surface area contributed by atoms with Crippen molar-refractivity contribution in [2.24, 2.45) is 34.5 Å². The Morgan fingerprint density at radius 3 is 2.38 bits per heavy atom. The quantitative estimate of drug-likeness (QED) is 0.257. The van der Waals surface area contributed by atoms with Crippen molar-refractivity contribution in [2.45, 2.75) is 143 Å². The number of unbranched alkanes of at least 4 members (excludes halogenated alkanes) is 1. The van der Waals surface area contributed by atoms with Crippen molar-refractivity contribution in [2.75, 3.05) is 7.11 Å². The van der Waals surface area contributed by atoms with Gasteiger partial charge in [-0.15, -0.1) is 0 Å². The third-order valence-corrected chi connectivity index (χ3v) is 11.0. The summed E-state index contributed by atoms with van der Waals surface area (Å²) in [4.78, 5) is 0. The molecule has 3 nitrogen and oxygen atoms in total. The first kappa shape index (κ1) is 28.2. The molecule has 0 saturated heterocycles. The van der Waals surface area contributed by atoms with E-state index in [1.54, 1.807) is 0 Å². The van der Waals surface area contributed by atoms with Gasteiger partial charge in [-0.25, -0.2) is 0 Å². The predicted molar refractivity (Wildman–Crippen MR) is 143 cm³/mol. The maximum Gasteiger partial charge on any atom is 0.0863 e. The largest absolute Gasteiger partial charge is 0.390 e. The van der Waals surface area contributed by atoms with Crippen LogP contribution in [0.15, 0.2) is 12.2 Å². The number of fused-ring (bicyclic) bond motifs is 3. The van der Waals surface area contributed by atoms with Crippen molar-refractivity contribution in [3.8, 4) is 0 Å². The highest BCUT2D eigenvalue weighted by Crippen LogP contribution is 2.65. The fourth-order valence-corrected chi connectivity index (χ4v) is 7.76. The summed E-state index contributed by atoms with van der Waals surface area (Å²) in [7, 11) is 1.81. The molecule has 0 bridgehead atoms. The van der Waals surface area contributed by atoms with Crippen LogP contribution in [-0.2, 0) is 9.47 Å². The van der Waals surface area contributed by atoms with Gasteiger partial charge in [0.25, 0.3) is 0 Å². The van der Waals surface area contributed by atoms with E-state index >= 15 is 0 Å².